The van der Waals surface area contributed by atoms with Gasteiger partial charge in [-0.1, -0.05) is 50.7 Å². The van der Waals surface area contributed by atoms with Crippen molar-refractivity contribution in [2.75, 3.05) is 6.61 Å². The van der Waals surface area contributed by atoms with Gasteiger partial charge in [-0.15, -0.1) is 0 Å². The van der Waals surface area contributed by atoms with Crippen LogP contribution in [0.4, 0.5) is 0 Å². The van der Waals surface area contributed by atoms with E-state index in [-0.39, 0.29) is 0 Å². The Kier molecular flexibility index (Phi) is 6.11. The molecule has 4 rings (SSSR count). The van der Waals surface area contributed by atoms with E-state index in [0.717, 1.165) is 5.75 Å². The van der Waals surface area contributed by atoms with Crippen molar-refractivity contribution < 1.29 is 4.74 Å². The summed E-state index contributed by atoms with van der Waals surface area (Å²) in [5.74, 6) is 2.31. The summed E-state index contributed by atoms with van der Waals surface area (Å²) < 4.78 is 5.65. The fourth-order valence-corrected chi connectivity index (χ4v) is 5.16. The summed E-state index contributed by atoms with van der Waals surface area (Å²) in [5, 5.41) is 0. The van der Waals surface area contributed by atoms with Crippen molar-refractivity contribution in [1.29, 1.82) is 0 Å². The van der Waals surface area contributed by atoms with Crippen molar-refractivity contribution in [3.05, 3.63) is 47.8 Å². The van der Waals surface area contributed by atoms with Gasteiger partial charge in [0, 0.05) is 17.8 Å². The van der Waals surface area contributed by atoms with Crippen molar-refractivity contribution in [3.8, 4) is 16.9 Å². The van der Waals surface area contributed by atoms with Gasteiger partial charge in [0.1, 0.15) is 5.75 Å². The third kappa shape index (κ3) is 4.20. The molecule has 0 atom stereocenters. The lowest BCUT2D eigenvalue weighted by Gasteiger charge is -2.30. The topological polar surface area (TPSA) is 22.1 Å². The molecule has 2 heteroatoms. The highest BCUT2D eigenvalue weighted by molar-refractivity contribution is 5.69. The van der Waals surface area contributed by atoms with Gasteiger partial charge in [-0.25, -0.2) is 0 Å². The molecule has 27 heavy (non-hydrogen) atoms. The van der Waals surface area contributed by atoms with E-state index in [1.165, 1.54) is 81.0 Å². The molecule has 0 aliphatic heterocycles. The number of aromatic nitrogens is 1. The molecule has 2 fully saturated rings. The Balaban J connectivity index is 1.75. The Morgan fingerprint density at radius 1 is 0.815 bits per heavy atom. The molecule has 0 N–H and O–H groups in total. The lowest BCUT2D eigenvalue weighted by molar-refractivity contribution is 0.340. The molecule has 0 bridgehead atoms. The number of hydrogen-bond acceptors (Lipinski definition) is 2. The maximum Gasteiger partial charge on any atom is 0.119 e. The molecule has 1 aromatic carbocycles. The fraction of sp³-hybridized carbons (Fsp3) is 0.560. The maximum absolute atomic E-state index is 5.65. The summed E-state index contributed by atoms with van der Waals surface area (Å²) in [6.45, 7) is 2.75. The highest BCUT2D eigenvalue weighted by Gasteiger charge is 2.27. The molecule has 2 aromatic rings. The van der Waals surface area contributed by atoms with Crippen molar-refractivity contribution in [2.45, 2.75) is 83.0 Å². The van der Waals surface area contributed by atoms with E-state index in [1.54, 1.807) is 5.56 Å². The summed E-state index contributed by atoms with van der Waals surface area (Å²) in [5.41, 5.74) is 5.74. The first-order chi connectivity index (χ1) is 13.4. The number of nitrogens with zero attached hydrogens (tertiary/aromatic N) is 1. The minimum Gasteiger partial charge on any atom is -0.494 e. The van der Waals surface area contributed by atoms with Crippen LogP contribution in [0.25, 0.3) is 11.1 Å². The quantitative estimate of drug-likeness (QED) is 0.558. The first-order valence-corrected chi connectivity index (χ1v) is 11.1. The van der Waals surface area contributed by atoms with Gasteiger partial charge < -0.3 is 4.74 Å². The molecular weight excluding hydrogens is 330 g/mol. The predicted molar refractivity (Wildman–Crippen MR) is 112 cm³/mol. The van der Waals surface area contributed by atoms with E-state index in [2.05, 4.69) is 36.5 Å². The van der Waals surface area contributed by atoms with Crippen molar-refractivity contribution in [3.63, 3.8) is 0 Å². The van der Waals surface area contributed by atoms with Crippen LogP contribution >= 0.6 is 0 Å². The number of rotatable bonds is 5. The van der Waals surface area contributed by atoms with Crippen LogP contribution in [0.2, 0.25) is 0 Å². The van der Waals surface area contributed by atoms with Crippen LogP contribution in [0.5, 0.6) is 5.75 Å². The molecule has 0 unspecified atom stereocenters. The number of hydrogen-bond donors (Lipinski definition) is 0. The minimum atomic E-state index is 0.665. The Bertz CT molecular complexity index is 724. The van der Waals surface area contributed by atoms with Crippen molar-refractivity contribution in [1.82, 2.24) is 4.98 Å². The van der Waals surface area contributed by atoms with E-state index < -0.39 is 0 Å². The zero-order valence-corrected chi connectivity index (χ0v) is 16.8. The first-order valence-electron chi connectivity index (χ1n) is 11.1. The second kappa shape index (κ2) is 8.91. The zero-order valence-electron chi connectivity index (χ0n) is 16.8. The van der Waals surface area contributed by atoms with Crippen LogP contribution in [0, 0.1) is 0 Å². The predicted octanol–water partition coefficient (Wildman–Crippen LogP) is 7.24. The van der Waals surface area contributed by atoms with E-state index in [4.69, 9.17) is 9.72 Å². The second-order valence-corrected chi connectivity index (χ2v) is 8.28. The van der Waals surface area contributed by atoms with Crippen molar-refractivity contribution >= 4 is 0 Å². The van der Waals surface area contributed by atoms with Crippen LogP contribution in [0.3, 0.4) is 0 Å². The Morgan fingerprint density at radius 2 is 1.44 bits per heavy atom. The number of pyridine rings is 1. The summed E-state index contributed by atoms with van der Waals surface area (Å²) in [6.07, 6.45) is 15.6. The molecule has 0 amide bonds. The zero-order chi connectivity index (χ0) is 18.5. The lowest BCUT2D eigenvalue weighted by Crippen LogP contribution is -2.15. The number of benzene rings is 1. The van der Waals surface area contributed by atoms with Gasteiger partial charge in [0.25, 0.3) is 0 Å². The fourth-order valence-electron chi connectivity index (χ4n) is 5.16. The molecular formula is C25H33NO. The molecule has 0 radical (unpaired) electrons. The minimum absolute atomic E-state index is 0.665. The Labute approximate surface area is 164 Å². The monoisotopic (exact) mass is 363 g/mol. The normalized spacial score (nSPS) is 19.1. The van der Waals surface area contributed by atoms with Crippen LogP contribution in [0.15, 0.2) is 36.5 Å². The van der Waals surface area contributed by atoms with E-state index in [1.807, 2.05) is 6.92 Å². The van der Waals surface area contributed by atoms with Gasteiger partial charge >= 0.3 is 0 Å². The van der Waals surface area contributed by atoms with E-state index in [0.29, 0.717) is 18.4 Å². The van der Waals surface area contributed by atoms with Gasteiger partial charge in [-0.2, -0.15) is 0 Å². The molecule has 144 valence electrons. The van der Waals surface area contributed by atoms with E-state index in [9.17, 15) is 0 Å². The van der Waals surface area contributed by atoms with Gasteiger partial charge in [-0.3, -0.25) is 4.98 Å². The molecule has 0 spiro atoms. The van der Waals surface area contributed by atoms with Crippen LogP contribution in [-0.2, 0) is 0 Å². The third-order valence-electron chi connectivity index (χ3n) is 6.50. The van der Waals surface area contributed by atoms with Crippen LogP contribution in [0.1, 0.15) is 94.2 Å². The first kappa shape index (κ1) is 18.5. The SMILES string of the molecule is CCOc1ccc(-c2ccnc(C3CCCCC3)c2C2CCCCC2)cc1. The molecule has 2 aliphatic carbocycles. The maximum atomic E-state index is 5.65. The molecule has 1 heterocycles. The van der Waals surface area contributed by atoms with Crippen LogP contribution < -0.4 is 4.74 Å². The standard InChI is InChI=1S/C25H33NO/c1-2-27-22-15-13-19(14-16-22)23-17-18-26-25(21-11-7-4-8-12-21)24(23)20-9-5-3-6-10-20/h13-18,20-21H,2-12H2,1H3. The van der Waals surface area contributed by atoms with E-state index >= 15 is 0 Å². The summed E-state index contributed by atoms with van der Waals surface area (Å²) in [4.78, 5) is 4.99. The molecule has 1 aromatic heterocycles. The average molecular weight is 364 g/mol. The molecule has 0 saturated heterocycles. The summed E-state index contributed by atoms with van der Waals surface area (Å²) >= 11 is 0. The Morgan fingerprint density at radius 3 is 2.07 bits per heavy atom. The van der Waals surface area contributed by atoms with Gasteiger partial charge in [0.2, 0.25) is 0 Å². The second-order valence-electron chi connectivity index (χ2n) is 8.28. The summed E-state index contributed by atoms with van der Waals surface area (Å²) in [7, 11) is 0. The lowest BCUT2D eigenvalue weighted by atomic mass is 9.76. The molecule has 2 nitrogen and oxygen atoms in total. The summed E-state index contributed by atoms with van der Waals surface area (Å²) in [6, 6.07) is 11.0. The third-order valence-corrected chi connectivity index (χ3v) is 6.50. The van der Waals surface area contributed by atoms with Gasteiger partial charge in [0.05, 0.1) is 6.61 Å². The van der Waals surface area contributed by atoms with Crippen LogP contribution in [-0.4, -0.2) is 11.6 Å². The Hall–Kier alpha value is -1.83. The average Bonchev–Trinajstić information content (AvgIpc) is 2.75. The smallest absolute Gasteiger partial charge is 0.119 e. The largest absolute Gasteiger partial charge is 0.494 e. The molecule has 2 saturated carbocycles. The highest BCUT2D eigenvalue weighted by Crippen LogP contribution is 2.44. The van der Waals surface area contributed by atoms with Gasteiger partial charge in [-0.05, 0) is 73.4 Å². The van der Waals surface area contributed by atoms with Crippen molar-refractivity contribution in [2.24, 2.45) is 0 Å². The molecule has 2 aliphatic rings. The highest BCUT2D eigenvalue weighted by atomic mass is 16.5. The van der Waals surface area contributed by atoms with Gasteiger partial charge in [0.15, 0.2) is 0 Å². The number of ether oxygens (including phenoxy) is 1.